The lowest BCUT2D eigenvalue weighted by atomic mass is 10.2. The average Bonchev–Trinajstić information content (AvgIpc) is 2.71. The van der Waals surface area contributed by atoms with E-state index in [1.54, 1.807) is 6.07 Å². The third-order valence-corrected chi connectivity index (χ3v) is 2.05. The number of ether oxygens (including phenoxy) is 1. The first-order chi connectivity index (χ1) is 8.09. The van der Waals surface area contributed by atoms with Crippen LogP contribution in [0.5, 0.6) is 0 Å². The van der Waals surface area contributed by atoms with Crippen molar-refractivity contribution in [2.75, 3.05) is 19.8 Å². The van der Waals surface area contributed by atoms with E-state index in [0.29, 0.717) is 24.8 Å². The van der Waals surface area contributed by atoms with Gasteiger partial charge in [0.25, 0.3) is 0 Å². The summed E-state index contributed by atoms with van der Waals surface area (Å²) in [4.78, 5) is 10.6. The minimum absolute atomic E-state index is 0.0298. The maximum absolute atomic E-state index is 10.6. The molecule has 0 fully saturated rings. The number of furan rings is 1. The molecule has 2 N–H and O–H groups in total. The second kappa shape index (κ2) is 7.09. The first-order valence-electron chi connectivity index (χ1n) is 5.70. The van der Waals surface area contributed by atoms with E-state index in [9.17, 15) is 4.79 Å². The molecule has 1 rings (SSSR count). The molecule has 5 heteroatoms. The second-order valence-electron chi connectivity index (χ2n) is 4.22. The molecule has 5 nitrogen and oxygen atoms in total. The van der Waals surface area contributed by atoms with Crippen LogP contribution in [0.2, 0.25) is 0 Å². The third-order valence-electron chi connectivity index (χ3n) is 2.05. The largest absolute Gasteiger partial charge is 0.475 e. The number of carbonyl (C=O) groups is 1. The maximum atomic E-state index is 10.6. The smallest absolute Gasteiger partial charge is 0.371 e. The van der Waals surface area contributed by atoms with Crippen molar-refractivity contribution in [2.24, 2.45) is 5.92 Å². The molecule has 1 aromatic rings. The summed E-state index contributed by atoms with van der Waals surface area (Å²) in [5, 5.41) is 11.8. The van der Waals surface area contributed by atoms with Crippen molar-refractivity contribution in [2.45, 2.75) is 20.4 Å². The van der Waals surface area contributed by atoms with Crippen molar-refractivity contribution >= 4 is 5.97 Å². The minimum atomic E-state index is -1.04. The molecule has 96 valence electrons. The Hall–Kier alpha value is -1.33. The van der Waals surface area contributed by atoms with E-state index in [1.807, 2.05) is 0 Å². The van der Waals surface area contributed by atoms with E-state index in [0.717, 1.165) is 13.2 Å². The van der Waals surface area contributed by atoms with E-state index < -0.39 is 5.97 Å². The number of carboxylic acids is 1. The summed E-state index contributed by atoms with van der Waals surface area (Å²) in [5.74, 6) is 0.0823. The van der Waals surface area contributed by atoms with Crippen LogP contribution < -0.4 is 5.32 Å². The molecule has 0 amide bonds. The van der Waals surface area contributed by atoms with Gasteiger partial charge in [-0.2, -0.15) is 0 Å². The van der Waals surface area contributed by atoms with Crippen LogP contribution in [-0.2, 0) is 11.3 Å². The monoisotopic (exact) mass is 241 g/mol. The van der Waals surface area contributed by atoms with Gasteiger partial charge in [-0.05, 0) is 18.1 Å². The van der Waals surface area contributed by atoms with Crippen molar-refractivity contribution < 1.29 is 19.1 Å². The van der Waals surface area contributed by atoms with Gasteiger partial charge >= 0.3 is 5.97 Å². The Morgan fingerprint density at radius 3 is 2.88 bits per heavy atom. The number of nitrogens with one attached hydrogen (secondary N) is 1. The van der Waals surface area contributed by atoms with Gasteiger partial charge in [0.05, 0.1) is 13.2 Å². The van der Waals surface area contributed by atoms with Gasteiger partial charge in [-0.3, -0.25) is 0 Å². The van der Waals surface area contributed by atoms with Crippen LogP contribution in [0.15, 0.2) is 16.5 Å². The third kappa shape index (κ3) is 5.51. The van der Waals surface area contributed by atoms with Crippen LogP contribution >= 0.6 is 0 Å². The quantitative estimate of drug-likeness (QED) is 0.678. The highest BCUT2D eigenvalue weighted by Gasteiger charge is 2.07. The van der Waals surface area contributed by atoms with Gasteiger partial charge in [-0.1, -0.05) is 13.8 Å². The molecule has 0 radical (unpaired) electrons. The average molecular weight is 241 g/mol. The van der Waals surface area contributed by atoms with Crippen molar-refractivity contribution in [3.05, 3.63) is 23.7 Å². The van der Waals surface area contributed by atoms with Crippen LogP contribution in [-0.4, -0.2) is 30.8 Å². The van der Waals surface area contributed by atoms with Crippen LogP contribution in [0.4, 0.5) is 0 Å². The lowest BCUT2D eigenvalue weighted by molar-refractivity contribution is 0.0660. The Morgan fingerprint density at radius 1 is 1.53 bits per heavy atom. The summed E-state index contributed by atoms with van der Waals surface area (Å²) in [6.07, 6.45) is 0. The fourth-order valence-electron chi connectivity index (χ4n) is 1.26. The Labute approximate surface area is 101 Å². The summed E-state index contributed by atoms with van der Waals surface area (Å²) in [5.41, 5.74) is 0. The molecule has 17 heavy (non-hydrogen) atoms. The van der Waals surface area contributed by atoms with Gasteiger partial charge in [0.15, 0.2) is 0 Å². The van der Waals surface area contributed by atoms with E-state index in [2.05, 4.69) is 19.2 Å². The van der Waals surface area contributed by atoms with Crippen molar-refractivity contribution in [1.29, 1.82) is 0 Å². The first-order valence-corrected chi connectivity index (χ1v) is 5.70. The summed E-state index contributed by atoms with van der Waals surface area (Å²) in [7, 11) is 0. The Morgan fingerprint density at radius 2 is 2.29 bits per heavy atom. The molecular weight excluding hydrogens is 222 g/mol. The standard InChI is InChI=1S/C12H19NO4/c1-9(2)8-16-6-5-13-7-10-3-4-11(17-10)12(14)15/h3-4,9,13H,5-8H2,1-2H3,(H,14,15). The molecule has 1 heterocycles. The van der Waals surface area contributed by atoms with Gasteiger partial charge in [0.2, 0.25) is 5.76 Å². The summed E-state index contributed by atoms with van der Waals surface area (Å²) in [6.45, 7) is 6.83. The van der Waals surface area contributed by atoms with Crippen LogP contribution in [0.3, 0.4) is 0 Å². The molecule has 0 aliphatic carbocycles. The van der Waals surface area contributed by atoms with E-state index in [1.165, 1.54) is 6.07 Å². The van der Waals surface area contributed by atoms with Gasteiger partial charge in [-0.15, -0.1) is 0 Å². The molecule has 0 aliphatic rings. The van der Waals surface area contributed by atoms with Gasteiger partial charge in [0.1, 0.15) is 5.76 Å². The molecule has 0 bridgehead atoms. The Balaban J connectivity index is 2.11. The number of carboxylic acid groups (broad SMARTS) is 1. The van der Waals surface area contributed by atoms with E-state index in [4.69, 9.17) is 14.3 Å². The van der Waals surface area contributed by atoms with Crippen molar-refractivity contribution in [3.8, 4) is 0 Å². The van der Waals surface area contributed by atoms with Gasteiger partial charge in [-0.25, -0.2) is 4.79 Å². The second-order valence-corrected chi connectivity index (χ2v) is 4.22. The SMILES string of the molecule is CC(C)COCCNCc1ccc(C(=O)O)o1. The molecule has 0 aliphatic heterocycles. The van der Waals surface area contributed by atoms with Crippen LogP contribution in [0, 0.1) is 5.92 Å². The zero-order chi connectivity index (χ0) is 12.7. The van der Waals surface area contributed by atoms with Gasteiger partial charge < -0.3 is 19.6 Å². The first kappa shape index (κ1) is 13.7. The Kier molecular flexibility index (Phi) is 5.72. The fourth-order valence-corrected chi connectivity index (χ4v) is 1.26. The predicted octanol–water partition coefficient (Wildman–Crippen LogP) is 1.74. The molecule has 0 unspecified atom stereocenters. The normalized spacial score (nSPS) is 11.0. The molecule has 0 atom stereocenters. The summed E-state index contributed by atoms with van der Waals surface area (Å²) in [6, 6.07) is 3.11. The highest BCUT2D eigenvalue weighted by molar-refractivity contribution is 5.84. The Bertz CT molecular complexity index is 346. The molecule has 0 saturated heterocycles. The highest BCUT2D eigenvalue weighted by atomic mass is 16.5. The zero-order valence-electron chi connectivity index (χ0n) is 10.2. The minimum Gasteiger partial charge on any atom is -0.475 e. The topological polar surface area (TPSA) is 71.7 Å². The molecular formula is C12H19NO4. The molecule has 0 spiro atoms. The molecule has 1 aromatic heterocycles. The summed E-state index contributed by atoms with van der Waals surface area (Å²) >= 11 is 0. The number of aromatic carboxylic acids is 1. The summed E-state index contributed by atoms with van der Waals surface area (Å²) < 4.78 is 10.5. The predicted molar refractivity (Wildman–Crippen MR) is 63.0 cm³/mol. The lowest BCUT2D eigenvalue weighted by Gasteiger charge is -2.06. The number of hydrogen-bond donors (Lipinski definition) is 2. The maximum Gasteiger partial charge on any atom is 0.371 e. The molecule has 0 saturated carbocycles. The van der Waals surface area contributed by atoms with Crippen LogP contribution in [0.1, 0.15) is 30.2 Å². The van der Waals surface area contributed by atoms with Crippen molar-refractivity contribution in [1.82, 2.24) is 5.32 Å². The lowest BCUT2D eigenvalue weighted by Crippen LogP contribution is -2.20. The number of hydrogen-bond acceptors (Lipinski definition) is 4. The van der Waals surface area contributed by atoms with Gasteiger partial charge in [0, 0.05) is 13.2 Å². The van der Waals surface area contributed by atoms with E-state index in [-0.39, 0.29) is 5.76 Å². The van der Waals surface area contributed by atoms with Crippen molar-refractivity contribution in [3.63, 3.8) is 0 Å². The zero-order valence-corrected chi connectivity index (χ0v) is 10.2. The van der Waals surface area contributed by atoms with E-state index >= 15 is 0 Å². The highest BCUT2D eigenvalue weighted by Crippen LogP contribution is 2.07. The number of rotatable bonds is 8. The molecule has 0 aromatic carbocycles. The van der Waals surface area contributed by atoms with Crippen LogP contribution in [0.25, 0.3) is 0 Å². The fraction of sp³-hybridized carbons (Fsp3) is 0.583.